The van der Waals surface area contributed by atoms with Crippen LogP contribution in [0.4, 0.5) is 0 Å². The minimum absolute atomic E-state index is 0.186. The molecular formula is C10H15N3O2. The lowest BCUT2D eigenvalue weighted by Crippen LogP contribution is -2.39. The van der Waals surface area contributed by atoms with Crippen molar-refractivity contribution in [1.29, 1.82) is 0 Å². The Morgan fingerprint density at radius 1 is 1.40 bits per heavy atom. The van der Waals surface area contributed by atoms with Crippen molar-refractivity contribution in [2.24, 2.45) is 0 Å². The lowest BCUT2D eigenvalue weighted by molar-refractivity contribution is 0.0246. The van der Waals surface area contributed by atoms with E-state index in [1.807, 2.05) is 0 Å². The average Bonchev–Trinajstić information content (AvgIpc) is 3.02. The maximum atomic E-state index is 5.58. The molecule has 3 rings (SSSR count). The topological polar surface area (TPSA) is 60.2 Å². The van der Waals surface area contributed by atoms with Gasteiger partial charge >= 0.3 is 0 Å². The summed E-state index contributed by atoms with van der Waals surface area (Å²) in [5.41, 5.74) is 0. The van der Waals surface area contributed by atoms with E-state index in [2.05, 4.69) is 15.5 Å². The van der Waals surface area contributed by atoms with E-state index in [-0.39, 0.29) is 6.10 Å². The van der Waals surface area contributed by atoms with E-state index in [0.717, 1.165) is 31.9 Å². The smallest absolute Gasteiger partial charge is 0.229 e. The summed E-state index contributed by atoms with van der Waals surface area (Å²) in [6.45, 7) is 2.59. The second-order valence-corrected chi connectivity index (χ2v) is 4.22. The molecule has 5 heteroatoms. The van der Waals surface area contributed by atoms with E-state index in [4.69, 9.17) is 9.26 Å². The molecule has 0 amide bonds. The van der Waals surface area contributed by atoms with E-state index in [1.54, 1.807) is 0 Å². The molecule has 1 saturated heterocycles. The Labute approximate surface area is 88.2 Å². The van der Waals surface area contributed by atoms with Gasteiger partial charge in [-0.05, 0) is 12.8 Å². The van der Waals surface area contributed by atoms with Crippen LogP contribution in [-0.2, 0) is 11.2 Å². The first-order valence-electron chi connectivity index (χ1n) is 5.56. The monoisotopic (exact) mass is 209 g/mol. The van der Waals surface area contributed by atoms with Crippen LogP contribution in [0.5, 0.6) is 0 Å². The standard InChI is InChI=1S/C10H15N3O2/c1-2-7(1)10-12-9(15-13-10)5-8-6-11-3-4-14-8/h7-8,11H,1-6H2/t8-/m0/s1. The summed E-state index contributed by atoms with van der Waals surface area (Å²) in [4.78, 5) is 4.38. The second-order valence-electron chi connectivity index (χ2n) is 4.22. The van der Waals surface area contributed by atoms with Gasteiger partial charge in [-0.3, -0.25) is 0 Å². The molecule has 2 heterocycles. The molecule has 2 fully saturated rings. The number of nitrogens with zero attached hydrogens (tertiary/aromatic N) is 2. The van der Waals surface area contributed by atoms with Crippen LogP contribution in [0.3, 0.4) is 0 Å². The zero-order chi connectivity index (χ0) is 10.1. The maximum absolute atomic E-state index is 5.58. The van der Waals surface area contributed by atoms with Gasteiger partial charge in [0.25, 0.3) is 0 Å². The predicted molar refractivity (Wildman–Crippen MR) is 52.6 cm³/mol. The molecule has 1 saturated carbocycles. The third-order valence-corrected chi connectivity index (χ3v) is 2.83. The Hall–Kier alpha value is -0.940. The zero-order valence-electron chi connectivity index (χ0n) is 8.61. The summed E-state index contributed by atoms with van der Waals surface area (Å²) in [5.74, 6) is 2.16. The van der Waals surface area contributed by atoms with Crippen molar-refractivity contribution in [3.05, 3.63) is 11.7 Å². The van der Waals surface area contributed by atoms with Crippen molar-refractivity contribution in [3.63, 3.8) is 0 Å². The van der Waals surface area contributed by atoms with E-state index in [0.29, 0.717) is 11.8 Å². The van der Waals surface area contributed by atoms with Gasteiger partial charge in [-0.25, -0.2) is 0 Å². The Balaban J connectivity index is 1.60. The number of ether oxygens (including phenoxy) is 1. The first-order chi connectivity index (χ1) is 7.42. The molecule has 1 aromatic rings. The molecule has 0 unspecified atom stereocenters. The van der Waals surface area contributed by atoms with Crippen LogP contribution in [0.1, 0.15) is 30.5 Å². The highest BCUT2D eigenvalue weighted by Crippen LogP contribution is 2.38. The van der Waals surface area contributed by atoms with Crippen LogP contribution >= 0.6 is 0 Å². The molecule has 0 aromatic carbocycles. The molecule has 1 aliphatic carbocycles. The number of hydrogen-bond acceptors (Lipinski definition) is 5. The molecule has 0 bridgehead atoms. The molecule has 15 heavy (non-hydrogen) atoms. The van der Waals surface area contributed by atoms with E-state index >= 15 is 0 Å². The number of nitrogens with one attached hydrogen (secondary N) is 1. The quantitative estimate of drug-likeness (QED) is 0.784. The van der Waals surface area contributed by atoms with Crippen molar-refractivity contribution in [3.8, 4) is 0 Å². The van der Waals surface area contributed by atoms with Crippen molar-refractivity contribution < 1.29 is 9.26 Å². The fourth-order valence-electron chi connectivity index (χ4n) is 1.80. The molecular weight excluding hydrogens is 194 g/mol. The molecule has 0 radical (unpaired) electrons. The Morgan fingerprint density at radius 3 is 3.07 bits per heavy atom. The lowest BCUT2D eigenvalue weighted by atomic mass is 10.2. The Bertz CT molecular complexity index is 329. The molecule has 1 aromatic heterocycles. The van der Waals surface area contributed by atoms with Gasteiger partial charge in [-0.1, -0.05) is 5.16 Å². The van der Waals surface area contributed by atoms with Crippen LogP contribution in [0.25, 0.3) is 0 Å². The van der Waals surface area contributed by atoms with Gasteiger partial charge in [-0.15, -0.1) is 0 Å². The molecule has 82 valence electrons. The van der Waals surface area contributed by atoms with Crippen molar-refractivity contribution >= 4 is 0 Å². The summed E-state index contributed by atoms with van der Waals surface area (Å²) in [6, 6.07) is 0. The summed E-state index contributed by atoms with van der Waals surface area (Å²) in [7, 11) is 0. The van der Waals surface area contributed by atoms with Gasteiger partial charge in [0, 0.05) is 19.0 Å². The van der Waals surface area contributed by atoms with Crippen LogP contribution < -0.4 is 5.32 Å². The third kappa shape index (κ3) is 2.18. The van der Waals surface area contributed by atoms with Gasteiger partial charge in [0.2, 0.25) is 5.89 Å². The summed E-state index contributed by atoms with van der Waals surface area (Å²) < 4.78 is 10.8. The second kappa shape index (κ2) is 3.90. The van der Waals surface area contributed by atoms with Crippen LogP contribution in [0.2, 0.25) is 0 Å². The first kappa shape index (κ1) is 9.30. The van der Waals surface area contributed by atoms with Gasteiger partial charge in [-0.2, -0.15) is 4.98 Å². The molecule has 0 spiro atoms. The van der Waals surface area contributed by atoms with Gasteiger partial charge in [0.1, 0.15) is 0 Å². The molecule has 5 nitrogen and oxygen atoms in total. The summed E-state index contributed by atoms with van der Waals surface area (Å²) in [6.07, 6.45) is 3.33. The Morgan fingerprint density at radius 2 is 2.33 bits per heavy atom. The number of rotatable bonds is 3. The highest BCUT2D eigenvalue weighted by molar-refractivity contribution is 5.03. The third-order valence-electron chi connectivity index (χ3n) is 2.83. The number of morpholine rings is 1. The largest absolute Gasteiger partial charge is 0.375 e. The summed E-state index contributed by atoms with van der Waals surface area (Å²) in [5, 5.41) is 7.26. The Kier molecular flexibility index (Phi) is 2.42. The van der Waals surface area contributed by atoms with Gasteiger partial charge < -0.3 is 14.6 Å². The first-order valence-corrected chi connectivity index (χ1v) is 5.56. The highest BCUT2D eigenvalue weighted by Gasteiger charge is 2.29. The number of aromatic nitrogens is 2. The maximum Gasteiger partial charge on any atom is 0.229 e. The highest BCUT2D eigenvalue weighted by atomic mass is 16.5. The van der Waals surface area contributed by atoms with E-state index < -0.39 is 0 Å². The fourth-order valence-corrected chi connectivity index (χ4v) is 1.80. The summed E-state index contributed by atoms with van der Waals surface area (Å²) >= 11 is 0. The number of hydrogen-bond donors (Lipinski definition) is 1. The lowest BCUT2D eigenvalue weighted by Gasteiger charge is -2.21. The van der Waals surface area contributed by atoms with Crippen LogP contribution in [-0.4, -0.2) is 35.9 Å². The average molecular weight is 209 g/mol. The van der Waals surface area contributed by atoms with Gasteiger partial charge in [0.05, 0.1) is 19.1 Å². The predicted octanol–water partition coefficient (Wildman–Crippen LogP) is 0.478. The van der Waals surface area contributed by atoms with Gasteiger partial charge in [0.15, 0.2) is 5.82 Å². The zero-order valence-corrected chi connectivity index (χ0v) is 8.61. The normalized spacial score (nSPS) is 26.8. The molecule has 2 aliphatic rings. The molecule has 1 N–H and O–H groups in total. The fraction of sp³-hybridized carbons (Fsp3) is 0.800. The van der Waals surface area contributed by atoms with Crippen molar-refractivity contribution in [1.82, 2.24) is 15.5 Å². The van der Waals surface area contributed by atoms with Crippen molar-refractivity contribution in [2.75, 3.05) is 19.7 Å². The molecule has 1 aliphatic heterocycles. The molecule has 1 atom stereocenters. The minimum Gasteiger partial charge on any atom is -0.375 e. The van der Waals surface area contributed by atoms with Crippen LogP contribution in [0.15, 0.2) is 4.52 Å². The van der Waals surface area contributed by atoms with E-state index in [9.17, 15) is 0 Å². The van der Waals surface area contributed by atoms with Crippen molar-refractivity contribution in [2.45, 2.75) is 31.3 Å². The minimum atomic E-state index is 0.186. The van der Waals surface area contributed by atoms with E-state index in [1.165, 1.54) is 12.8 Å². The van der Waals surface area contributed by atoms with Crippen LogP contribution in [0, 0.1) is 0 Å². The SMILES string of the molecule is C1CO[C@@H](Cc2nc(C3CC3)no2)CN1.